The molecule has 1 heterocycles. The Morgan fingerprint density at radius 3 is 3.06 bits per heavy atom. The topological polar surface area (TPSA) is 57.8 Å². The SMILES string of the molecule is C#CC(CC)NC(=O)c1n[nH]c2ccccc12. The number of hydrogen-bond acceptors (Lipinski definition) is 2. The van der Waals surface area contributed by atoms with Gasteiger partial charge in [0, 0.05) is 5.39 Å². The summed E-state index contributed by atoms with van der Waals surface area (Å²) in [6, 6.07) is 7.23. The number of fused-ring (bicyclic) bond motifs is 1. The highest BCUT2D eigenvalue weighted by Crippen LogP contribution is 2.14. The number of carbonyl (C=O) groups excluding carboxylic acids is 1. The van der Waals surface area contributed by atoms with Crippen LogP contribution in [-0.4, -0.2) is 22.1 Å². The molecule has 86 valence electrons. The van der Waals surface area contributed by atoms with E-state index in [1.54, 1.807) is 0 Å². The van der Waals surface area contributed by atoms with Crippen molar-refractivity contribution in [2.24, 2.45) is 0 Å². The summed E-state index contributed by atoms with van der Waals surface area (Å²) >= 11 is 0. The second-order valence-electron chi connectivity index (χ2n) is 3.72. The minimum absolute atomic E-state index is 0.243. The first-order valence-corrected chi connectivity index (χ1v) is 5.46. The summed E-state index contributed by atoms with van der Waals surface area (Å²) in [5.74, 6) is 2.28. The van der Waals surface area contributed by atoms with Crippen LogP contribution in [0.25, 0.3) is 10.9 Å². The van der Waals surface area contributed by atoms with Crippen molar-refractivity contribution in [1.29, 1.82) is 0 Å². The lowest BCUT2D eigenvalue weighted by Gasteiger charge is -2.08. The van der Waals surface area contributed by atoms with E-state index in [1.165, 1.54) is 0 Å². The monoisotopic (exact) mass is 227 g/mol. The zero-order valence-corrected chi connectivity index (χ0v) is 9.53. The molecule has 0 spiro atoms. The molecule has 0 aliphatic rings. The predicted molar refractivity (Wildman–Crippen MR) is 66.5 cm³/mol. The third-order valence-electron chi connectivity index (χ3n) is 2.60. The highest BCUT2D eigenvalue weighted by Gasteiger charge is 2.15. The average molecular weight is 227 g/mol. The van der Waals surface area contributed by atoms with Gasteiger partial charge in [0.2, 0.25) is 0 Å². The molecule has 0 aliphatic carbocycles. The molecular formula is C13H13N3O. The summed E-state index contributed by atoms with van der Waals surface area (Å²) in [7, 11) is 0. The van der Waals surface area contributed by atoms with Crippen molar-refractivity contribution < 1.29 is 4.79 Å². The van der Waals surface area contributed by atoms with Crippen LogP contribution < -0.4 is 5.32 Å². The van der Waals surface area contributed by atoms with E-state index in [0.29, 0.717) is 12.1 Å². The predicted octanol–water partition coefficient (Wildman–Crippen LogP) is 1.70. The third-order valence-corrected chi connectivity index (χ3v) is 2.60. The fourth-order valence-electron chi connectivity index (χ4n) is 1.62. The maximum atomic E-state index is 12.0. The fourth-order valence-corrected chi connectivity index (χ4v) is 1.62. The maximum Gasteiger partial charge on any atom is 0.273 e. The number of nitrogens with one attached hydrogen (secondary N) is 2. The van der Waals surface area contributed by atoms with Crippen LogP contribution in [0.3, 0.4) is 0 Å². The van der Waals surface area contributed by atoms with Gasteiger partial charge in [0.15, 0.2) is 5.69 Å². The number of aromatic amines is 1. The van der Waals surface area contributed by atoms with Crippen LogP contribution in [0.1, 0.15) is 23.8 Å². The van der Waals surface area contributed by atoms with E-state index in [2.05, 4.69) is 21.4 Å². The van der Waals surface area contributed by atoms with Crippen molar-refractivity contribution >= 4 is 16.8 Å². The number of H-pyrrole nitrogens is 1. The van der Waals surface area contributed by atoms with E-state index in [-0.39, 0.29) is 11.9 Å². The summed E-state index contributed by atoms with van der Waals surface area (Å²) < 4.78 is 0. The van der Waals surface area contributed by atoms with Gasteiger partial charge in [-0.05, 0) is 12.5 Å². The van der Waals surface area contributed by atoms with Crippen molar-refractivity contribution in [1.82, 2.24) is 15.5 Å². The molecule has 0 radical (unpaired) electrons. The second kappa shape index (κ2) is 4.71. The zero-order chi connectivity index (χ0) is 12.3. The van der Waals surface area contributed by atoms with Gasteiger partial charge in [-0.15, -0.1) is 6.42 Å². The van der Waals surface area contributed by atoms with Crippen LogP contribution in [0, 0.1) is 12.3 Å². The Morgan fingerprint density at radius 1 is 1.59 bits per heavy atom. The molecule has 0 saturated heterocycles. The smallest absolute Gasteiger partial charge is 0.273 e. The maximum absolute atomic E-state index is 12.0. The zero-order valence-electron chi connectivity index (χ0n) is 9.53. The molecule has 1 aromatic heterocycles. The highest BCUT2D eigenvalue weighted by molar-refractivity contribution is 6.04. The Bertz CT molecular complexity index is 580. The lowest BCUT2D eigenvalue weighted by Crippen LogP contribution is -2.33. The van der Waals surface area contributed by atoms with Crippen LogP contribution in [0.4, 0.5) is 0 Å². The number of aromatic nitrogens is 2. The molecule has 4 nitrogen and oxygen atoms in total. The Hall–Kier alpha value is -2.28. The van der Waals surface area contributed by atoms with Gasteiger partial charge in [-0.2, -0.15) is 5.10 Å². The van der Waals surface area contributed by atoms with Crippen LogP contribution in [0.15, 0.2) is 24.3 Å². The van der Waals surface area contributed by atoms with Crippen molar-refractivity contribution in [3.63, 3.8) is 0 Å². The van der Waals surface area contributed by atoms with Crippen LogP contribution in [0.2, 0.25) is 0 Å². The quantitative estimate of drug-likeness (QED) is 0.784. The van der Waals surface area contributed by atoms with Gasteiger partial charge in [0.25, 0.3) is 5.91 Å². The minimum Gasteiger partial charge on any atom is -0.337 e. The summed E-state index contributed by atoms with van der Waals surface area (Å²) in [5.41, 5.74) is 1.22. The Morgan fingerprint density at radius 2 is 2.35 bits per heavy atom. The van der Waals surface area contributed by atoms with Gasteiger partial charge >= 0.3 is 0 Å². The van der Waals surface area contributed by atoms with E-state index in [1.807, 2.05) is 31.2 Å². The number of hydrogen-bond donors (Lipinski definition) is 2. The standard InChI is InChI=1S/C13H13N3O/c1-3-9(4-2)14-13(17)12-10-7-5-6-8-11(10)15-16-12/h1,5-9H,4H2,2H3,(H,14,17)(H,15,16). The van der Waals surface area contributed by atoms with Crippen molar-refractivity contribution in [3.8, 4) is 12.3 Å². The molecule has 2 rings (SSSR count). The molecule has 2 aromatic rings. The normalized spacial score (nSPS) is 12.0. The van der Waals surface area contributed by atoms with Crippen molar-refractivity contribution in [2.45, 2.75) is 19.4 Å². The van der Waals surface area contributed by atoms with Gasteiger partial charge in [0.05, 0.1) is 11.6 Å². The number of nitrogens with zero attached hydrogens (tertiary/aromatic N) is 1. The molecular weight excluding hydrogens is 214 g/mol. The van der Waals surface area contributed by atoms with E-state index in [9.17, 15) is 4.79 Å². The first-order chi connectivity index (χ1) is 8.26. The molecule has 1 aromatic carbocycles. The van der Waals surface area contributed by atoms with Gasteiger partial charge in [0.1, 0.15) is 0 Å². The lowest BCUT2D eigenvalue weighted by molar-refractivity contribution is 0.0941. The molecule has 0 fully saturated rings. The summed E-state index contributed by atoms with van der Waals surface area (Å²) in [5, 5.41) is 10.4. The van der Waals surface area contributed by atoms with E-state index in [4.69, 9.17) is 6.42 Å². The second-order valence-corrected chi connectivity index (χ2v) is 3.72. The Balaban J connectivity index is 2.28. The lowest BCUT2D eigenvalue weighted by atomic mass is 10.2. The largest absolute Gasteiger partial charge is 0.337 e. The first kappa shape index (κ1) is 11.2. The van der Waals surface area contributed by atoms with Gasteiger partial charge in [-0.25, -0.2) is 0 Å². The molecule has 0 aliphatic heterocycles. The number of rotatable bonds is 3. The number of amides is 1. The number of carbonyl (C=O) groups is 1. The molecule has 0 bridgehead atoms. The van der Waals surface area contributed by atoms with Crippen LogP contribution >= 0.6 is 0 Å². The van der Waals surface area contributed by atoms with Crippen LogP contribution in [0.5, 0.6) is 0 Å². The van der Waals surface area contributed by atoms with Gasteiger partial charge in [-0.3, -0.25) is 9.89 Å². The fraction of sp³-hybridized carbons (Fsp3) is 0.231. The summed E-state index contributed by atoms with van der Waals surface area (Å²) in [6.45, 7) is 1.92. The highest BCUT2D eigenvalue weighted by atomic mass is 16.2. The van der Waals surface area contributed by atoms with Crippen LogP contribution in [-0.2, 0) is 0 Å². The van der Waals surface area contributed by atoms with Gasteiger partial charge < -0.3 is 5.32 Å². The Labute approximate surface area is 99.4 Å². The number of benzene rings is 1. The molecule has 4 heteroatoms. The summed E-state index contributed by atoms with van der Waals surface area (Å²) in [4.78, 5) is 12.0. The van der Waals surface area contributed by atoms with E-state index < -0.39 is 0 Å². The first-order valence-electron chi connectivity index (χ1n) is 5.46. The van der Waals surface area contributed by atoms with Crippen molar-refractivity contribution in [2.75, 3.05) is 0 Å². The number of terminal acetylenes is 1. The molecule has 2 N–H and O–H groups in total. The molecule has 1 atom stereocenters. The third kappa shape index (κ3) is 2.13. The van der Waals surface area contributed by atoms with Gasteiger partial charge in [-0.1, -0.05) is 31.0 Å². The minimum atomic E-state index is -0.252. The van der Waals surface area contributed by atoms with Crippen molar-refractivity contribution in [3.05, 3.63) is 30.0 Å². The molecule has 1 amide bonds. The van der Waals surface area contributed by atoms with E-state index in [0.717, 1.165) is 10.9 Å². The summed E-state index contributed by atoms with van der Waals surface area (Å²) in [6.07, 6.45) is 6.00. The number of para-hydroxylation sites is 1. The average Bonchev–Trinajstić information content (AvgIpc) is 2.79. The Kier molecular flexibility index (Phi) is 3.10. The molecule has 17 heavy (non-hydrogen) atoms. The van der Waals surface area contributed by atoms with E-state index >= 15 is 0 Å². The molecule has 0 saturated carbocycles. The molecule has 1 unspecified atom stereocenters.